The molecule has 0 amide bonds. The number of alkyl halides is 5. The van der Waals surface area contributed by atoms with Gasteiger partial charge in [-0.05, 0) is 36.6 Å². The molecule has 0 bridgehead atoms. The molecular weight excluding hydrogens is 553 g/mol. The minimum atomic E-state index is -4.68. The number of halogens is 5. The molecule has 0 aliphatic heterocycles. The molecule has 5 nitrogen and oxygen atoms in total. The van der Waals surface area contributed by atoms with Crippen LogP contribution in [0.5, 0.6) is 5.75 Å². The monoisotopic (exact) mass is 585 g/mol. The second kappa shape index (κ2) is 13.7. The normalized spacial score (nSPS) is 11.8. The maximum atomic E-state index is 14.5. The van der Waals surface area contributed by atoms with Crippen LogP contribution in [0.25, 0.3) is 11.4 Å². The van der Waals surface area contributed by atoms with Crippen molar-refractivity contribution >= 4 is 5.78 Å². The highest BCUT2D eigenvalue weighted by Crippen LogP contribution is 2.36. The van der Waals surface area contributed by atoms with Crippen LogP contribution in [-0.4, -0.2) is 26.8 Å². The van der Waals surface area contributed by atoms with E-state index in [0.717, 1.165) is 12.0 Å². The van der Waals surface area contributed by atoms with Crippen molar-refractivity contribution in [1.29, 1.82) is 0 Å². The van der Waals surface area contributed by atoms with Crippen LogP contribution in [0.15, 0.2) is 78.9 Å². The standard InChI is InChI=1S/C32H32F5N3O2/c1-3-4-18-40-28(29(32(35,36)37)38-30(40)26-8-6-5-7-9-26)21-39(19-23-10-14-25(15-11-23)22(2)41)20-24-12-16-27(17-13-24)42-31(33)34/h5-17,31H,3-4,18-21H2,1-2H3. The molecule has 42 heavy (non-hydrogen) atoms. The van der Waals surface area contributed by atoms with Gasteiger partial charge in [-0.1, -0.05) is 80.1 Å². The fourth-order valence-electron chi connectivity index (χ4n) is 4.76. The minimum absolute atomic E-state index is 0.00961. The Balaban J connectivity index is 1.75. The topological polar surface area (TPSA) is 47.4 Å². The second-order valence-electron chi connectivity index (χ2n) is 10.0. The molecule has 0 radical (unpaired) electrons. The number of Topliss-reactive ketones (excluding diaryl/α,β-unsaturated/α-hetero) is 1. The predicted octanol–water partition coefficient (Wildman–Crippen LogP) is 8.38. The molecule has 0 spiro atoms. The molecule has 4 rings (SSSR count). The predicted molar refractivity (Wildman–Crippen MR) is 150 cm³/mol. The van der Waals surface area contributed by atoms with Crippen LogP contribution in [-0.2, 0) is 32.4 Å². The first-order chi connectivity index (χ1) is 20.0. The molecule has 3 aromatic carbocycles. The smallest absolute Gasteiger partial charge is 0.435 e. The summed E-state index contributed by atoms with van der Waals surface area (Å²) in [7, 11) is 0. The molecule has 0 aliphatic rings. The Hall–Kier alpha value is -4.05. The number of ketones is 1. The molecule has 1 heterocycles. The number of hydrogen-bond acceptors (Lipinski definition) is 4. The molecule has 10 heteroatoms. The number of imidazole rings is 1. The van der Waals surface area contributed by atoms with Gasteiger partial charge in [-0.3, -0.25) is 9.69 Å². The van der Waals surface area contributed by atoms with Crippen molar-refractivity contribution < 1.29 is 31.5 Å². The number of unbranched alkanes of at least 4 members (excludes halogenated alkanes) is 1. The lowest BCUT2D eigenvalue weighted by atomic mass is 10.1. The molecule has 1 aromatic heterocycles. The van der Waals surface area contributed by atoms with Crippen molar-refractivity contribution in [3.8, 4) is 17.1 Å². The van der Waals surface area contributed by atoms with Crippen molar-refractivity contribution in [2.24, 2.45) is 0 Å². The number of ether oxygens (including phenoxy) is 1. The maximum Gasteiger partial charge on any atom is 0.435 e. The van der Waals surface area contributed by atoms with E-state index in [1.54, 1.807) is 71.3 Å². The van der Waals surface area contributed by atoms with Gasteiger partial charge >= 0.3 is 12.8 Å². The zero-order valence-corrected chi connectivity index (χ0v) is 23.4. The van der Waals surface area contributed by atoms with E-state index in [9.17, 15) is 26.7 Å². The average Bonchev–Trinajstić information content (AvgIpc) is 3.32. The summed E-state index contributed by atoms with van der Waals surface area (Å²) in [5.74, 6) is 0.155. The highest BCUT2D eigenvalue weighted by atomic mass is 19.4. The van der Waals surface area contributed by atoms with Gasteiger partial charge in [-0.25, -0.2) is 4.98 Å². The van der Waals surface area contributed by atoms with Gasteiger partial charge in [0.15, 0.2) is 11.5 Å². The highest BCUT2D eigenvalue weighted by Gasteiger charge is 2.39. The molecule has 0 N–H and O–H groups in total. The fourth-order valence-corrected chi connectivity index (χ4v) is 4.76. The Labute approximate surface area is 241 Å². The zero-order valence-electron chi connectivity index (χ0n) is 23.4. The molecule has 0 fully saturated rings. The van der Waals surface area contributed by atoms with E-state index in [1.807, 2.05) is 11.8 Å². The lowest BCUT2D eigenvalue weighted by molar-refractivity contribution is -0.141. The van der Waals surface area contributed by atoms with Crippen molar-refractivity contribution in [3.05, 3.63) is 107 Å². The summed E-state index contributed by atoms with van der Waals surface area (Å²) >= 11 is 0. The van der Waals surface area contributed by atoms with Crippen molar-refractivity contribution in [2.75, 3.05) is 0 Å². The summed E-state index contributed by atoms with van der Waals surface area (Å²) in [6, 6.07) is 21.8. The third-order valence-electron chi connectivity index (χ3n) is 6.80. The van der Waals surface area contributed by atoms with Crippen LogP contribution in [0.3, 0.4) is 0 Å². The van der Waals surface area contributed by atoms with Crippen molar-refractivity contribution in [1.82, 2.24) is 14.5 Å². The van der Waals surface area contributed by atoms with E-state index in [2.05, 4.69) is 9.72 Å². The van der Waals surface area contributed by atoms with E-state index in [-0.39, 0.29) is 42.7 Å². The van der Waals surface area contributed by atoms with Gasteiger partial charge in [-0.15, -0.1) is 0 Å². The first kappa shape index (κ1) is 30.9. The van der Waals surface area contributed by atoms with Crippen LogP contribution in [0.2, 0.25) is 0 Å². The Morgan fingerprint density at radius 2 is 1.50 bits per heavy atom. The summed E-state index contributed by atoms with van der Waals surface area (Å²) in [5.41, 5.74) is 1.74. The summed E-state index contributed by atoms with van der Waals surface area (Å²) in [6.45, 7) is 1.24. The van der Waals surface area contributed by atoms with Gasteiger partial charge in [0.05, 0.1) is 5.69 Å². The molecule has 4 aromatic rings. The number of rotatable bonds is 13. The van der Waals surface area contributed by atoms with Crippen LogP contribution in [0, 0.1) is 0 Å². The molecule has 222 valence electrons. The lowest BCUT2D eigenvalue weighted by Crippen LogP contribution is -2.26. The Morgan fingerprint density at radius 3 is 2.02 bits per heavy atom. The van der Waals surface area contributed by atoms with Crippen LogP contribution in [0.4, 0.5) is 22.0 Å². The lowest BCUT2D eigenvalue weighted by Gasteiger charge is -2.25. The Bertz CT molecular complexity index is 1450. The zero-order chi connectivity index (χ0) is 30.3. The Kier molecular flexibility index (Phi) is 10.1. The van der Waals surface area contributed by atoms with Crippen molar-refractivity contribution in [3.63, 3.8) is 0 Å². The molecular formula is C32H32F5N3O2. The average molecular weight is 586 g/mol. The first-order valence-corrected chi connectivity index (χ1v) is 13.6. The number of carbonyl (C=O) groups excluding carboxylic acids is 1. The molecule has 0 atom stereocenters. The summed E-state index contributed by atoms with van der Waals surface area (Å²) in [5, 5.41) is 0. The van der Waals surface area contributed by atoms with Crippen LogP contribution >= 0.6 is 0 Å². The summed E-state index contributed by atoms with van der Waals surface area (Å²) in [4.78, 5) is 17.7. The van der Waals surface area contributed by atoms with E-state index in [4.69, 9.17) is 0 Å². The van der Waals surface area contributed by atoms with Gasteiger partial charge < -0.3 is 9.30 Å². The number of aromatic nitrogens is 2. The van der Waals surface area contributed by atoms with E-state index in [1.165, 1.54) is 19.1 Å². The molecule has 0 unspecified atom stereocenters. The first-order valence-electron chi connectivity index (χ1n) is 13.6. The van der Waals surface area contributed by atoms with Gasteiger partial charge in [0, 0.05) is 37.3 Å². The molecule has 0 saturated carbocycles. The number of hydrogen-bond donors (Lipinski definition) is 0. The van der Waals surface area contributed by atoms with Gasteiger partial charge in [-0.2, -0.15) is 22.0 Å². The van der Waals surface area contributed by atoms with E-state index >= 15 is 0 Å². The van der Waals surface area contributed by atoms with Gasteiger partial charge in [0.1, 0.15) is 11.6 Å². The third kappa shape index (κ3) is 8.03. The SMILES string of the molecule is CCCCn1c(-c2ccccc2)nc(C(F)(F)F)c1CN(Cc1ccc(OC(F)F)cc1)Cc1ccc(C(C)=O)cc1. The van der Waals surface area contributed by atoms with Crippen LogP contribution in [0.1, 0.15) is 59.6 Å². The summed E-state index contributed by atoms with van der Waals surface area (Å²) < 4.78 is 74.7. The summed E-state index contributed by atoms with van der Waals surface area (Å²) in [6.07, 6.45) is -3.23. The fraction of sp³-hybridized carbons (Fsp3) is 0.312. The second-order valence-corrected chi connectivity index (χ2v) is 10.0. The number of benzene rings is 3. The molecule has 0 aliphatic carbocycles. The van der Waals surface area contributed by atoms with Gasteiger partial charge in [0.2, 0.25) is 0 Å². The number of nitrogens with zero attached hydrogens (tertiary/aromatic N) is 3. The number of carbonyl (C=O) groups is 1. The third-order valence-corrected chi connectivity index (χ3v) is 6.80. The maximum absolute atomic E-state index is 14.5. The molecule has 0 saturated heterocycles. The van der Waals surface area contributed by atoms with Crippen molar-refractivity contribution in [2.45, 2.75) is 65.7 Å². The largest absolute Gasteiger partial charge is 0.435 e. The minimum Gasteiger partial charge on any atom is -0.435 e. The van der Waals surface area contributed by atoms with Gasteiger partial charge in [0.25, 0.3) is 0 Å². The quantitative estimate of drug-likeness (QED) is 0.117. The van der Waals surface area contributed by atoms with E-state index < -0.39 is 18.5 Å². The van der Waals surface area contributed by atoms with Crippen LogP contribution < -0.4 is 4.74 Å². The highest BCUT2D eigenvalue weighted by molar-refractivity contribution is 5.94. The Morgan fingerprint density at radius 1 is 0.905 bits per heavy atom. The van der Waals surface area contributed by atoms with E-state index in [0.29, 0.717) is 29.7 Å².